The number of aryl methyl sites for hydroxylation is 1. The zero-order valence-corrected chi connectivity index (χ0v) is 24.1. The van der Waals surface area contributed by atoms with Crippen molar-refractivity contribution in [1.82, 2.24) is 9.78 Å². The third-order valence-electron chi connectivity index (χ3n) is 5.43. The summed E-state index contributed by atoms with van der Waals surface area (Å²) >= 11 is 12.4. The number of methoxy groups -OCH3 is 1. The Bertz CT molecular complexity index is 1310. The minimum atomic E-state index is -1.14. The van der Waals surface area contributed by atoms with Crippen molar-refractivity contribution in [3.05, 3.63) is 99.7 Å². The van der Waals surface area contributed by atoms with Gasteiger partial charge in [0.2, 0.25) is 0 Å². The first-order valence-corrected chi connectivity index (χ1v) is 11.1. The van der Waals surface area contributed by atoms with E-state index in [1.165, 1.54) is 0 Å². The van der Waals surface area contributed by atoms with Crippen LogP contribution < -0.4 is 39.4 Å². The van der Waals surface area contributed by atoms with Crippen molar-refractivity contribution in [2.45, 2.75) is 19.3 Å². The molecule has 0 aliphatic heterocycles. The second-order valence-electron chi connectivity index (χ2n) is 7.75. The summed E-state index contributed by atoms with van der Waals surface area (Å²) in [6.07, 6.45) is 0.184. The van der Waals surface area contributed by atoms with Gasteiger partial charge >= 0.3 is 29.6 Å². The van der Waals surface area contributed by atoms with E-state index in [2.05, 4.69) is 0 Å². The standard InChI is InChI=1S/C26H22Cl2N2O3.Na.H2S/c1-16-4-3-5-17(12-16)22(26(31)32)14-19-15-25(18-6-11-23(27)24(28)13-18)30(29-19)20-7-9-21(33-2)10-8-20;;/h3-13,15,22H,14H2,1-2H3,(H,31,32);;1H2/q;+1;/p-1/t22-;;/m0../s1. The van der Waals surface area contributed by atoms with Crippen molar-refractivity contribution in [3.63, 3.8) is 0 Å². The molecule has 9 heteroatoms. The van der Waals surface area contributed by atoms with Crippen LogP contribution in [-0.2, 0) is 11.2 Å². The molecule has 176 valence electrons. The Labute approximate surface area is 243 Å². The summed E-state index contributed by atoms with van der Waals surface area (Å²) in [5, 5.41) is 17.6. The van der Waals surface area contributed by atoms with Crippen LogP contribution in [0.15, 0.2) is 72.8 Å². The van der Waals surface area contributed by atoms with E-state index in [1.54, 1.807) is 30.0 Å². The zero-order valence-electron chi connectivity index (χ0n) is 19.6. The largest absolute Gasteiger partial charge is 1.00 e. The number of aromatic nitrogens is 2. The maximum absolute atomic E-state index is 12.0. The number of nitrogens with zero attached hydrogens (tertiary/aromatic N) is 2. The summed E-state index contributed by atoms with van der Waals surface area (Å²) in [5.41, 5.74) is 4.64. The van der Waals surface area contributed by atoms with Gasteiger partial charge in [0.25, 0.3) is 0 Å². The molecule has 0 unspecified atom stereocenters. The molecule has 0 bridgehead atoms. The normalized spacial score (nSPS) is 11.2. The molecule has 1 atom stereocenters. The number of carbonyl (C=O) groups is 1. The molecule has 4 rings (SSSR count). The Hall–Kier alpha value is -1.93. The van der Waals surface area contributed by atoms with E-state index in [0.717, 1.165) is 28.3 Å². The molecule has 0 saturated heterocycles. The Morgan fingerprint density at radius 1 is 1.03 bits per heavy atom. The van der Waals surface area contributed by atoms with Crippen LogP contribution >= 0.6 is 36.7 Å². The first-order chi connectivity index (χ1) is 15.9. The van der Waals surface area contributed by atoms with Crippen molar-refractivity contribution < 1.29 is 44.2 Å². The number of benzene rings is 3. The van der Waals surface area contributed by atoms with E-state index < -0.39 is 11.9 Å². The van der Waals surface area contributed by atoms with Crippen LogP contribution in [0.5, 0.6) is 5.75 Å². The number of hydrogen-bond donors (Lipinski definition) is 0. The van der Waals surface area contributed by atoms with Crippen LogP contribution in [0.25, 0.3) is 16.9 Å². The Balaban J connectivity index is 0.00000216. The van der Waals surface area contributed by atoms with Gasteiger partial charge < -0.3 is 14.6 Å². The molecule has 1 heterocycles. The minimum absolute atomic E-state index is 0. The number of ether oxygens (including phenoxy) is 1. The first-order valence-electron chi connectivity index (χ1n) is 10.3. The predicted molar refractivity (Wildman–Crippen MR) is 139 cm³/mol. The molecule has 35 heavy (non-hydrogen) atoms. The van der Waals surface area contributed by atoms with Crippen molar-refractivity contribution in [2.24, 2.45) is 0 Å². The van der Waals surface area contributed by atoms with Gasteiger partial charge in [-0.25, -0.2) is 4.68 Å². The van der Waals surface area contributed by atoms with Crippen molar-refractivity contribution in [1.29, 1.82) is 0 Å². The molecule has 0 radical (unpaired) electrons. The van der Waals surface area contributed by atoms with Crippen LogP contribution in [0, 0.1) is 6.92 Å². The molecule has 0 amide bonds. The second-order valence-corrected chi connectivity index (χ2v) is 8.56. The maximum atomic E-state index is 12.0. The summed E-state index contributed by atoms with van der Waals surface area (Å²) in [4.78, 5) is 12.0. The molecule has 0 saturated carbocycles. The molecular weight excluding hydrogens is 514 g/mol. The van der Waals surface area contributed by atoms with Gasteiger partial charge in [-0.15, -0.1) is 0 Å². The zero-order chi connectivity index (χ0) is 23.5. The van der Waals surface area contributed by atoms with Crippen molar-refractivity contribution in [2.75, 3.05) is 7.11 Å². The molecule has 4 aromatic rings. The predicted octanol–water partition coefficient (Wildman–Crippen LogP) is 2.36. The first kappa shape index (κ1) is 29.3. The van der Waals surface area contributed by atoms with E-state index in [4.69, 9.17) is 33.0 Å². The number of carboxylic acid groups (broad SMARTS) is 1. The fourth-order valence-corrected chi connectivity index (χ4v) is 4.04. The van der Waals surface area contributed by atoms with Gasteiger partial charge in [-0.05, 0) is 55.0 Å². The number of rotatable bonds is 7. The smallest absolute Gasteiger partial charge is 0.549 e. The molecule has 0 fully saturated rings. The van der Waals surface area contributed by atoms with Crippen LogP contribution in [0.2, 0.25) is 10.0 Å². The van der Waals surface area contributed by atoms with Crippen LogP contribution in [0.4, 0.5) is 0 Å². The summed E-state index contributed by atoms with van der Waals surface area (Å²) in [6.45, 7) is 1.93. The van der Waals surface area contributed by atoms with Gasteiger partial charge in [-0.2, -0.15) is 18.6 Å². The van der Waals surface area contributed by atoms with E-state index in [-0.39, 0.29) is 49.5 Å². The molecule has 0 aliphatic carbocycles. The van der Waals surface area contributed by atoms with E-state index in [1.807, 2.05) is 61.5 Å². The molecule has 3 aromatic carbocycles. The van der Waals surface area contributed by atoms with E-state index in [0.29, 0.717) is 21.3 Å². The summed E-state index contributed by atoms with van der Waals surface area (Å²) in [7, 11) is 1.60. The Morgan fingerprint density at radius 2 is 1.74 bits per heavy atom. The van der Waals surface area contributed by atoms with Gasteiger partial charge in [-0.3, -0.25) is 0 Å². The molecule has 0 N–H and O–H groups in total. The van der Waals surface area contributed by atoms with Crippen LogP contribution in [0.1, 0.15) is 22.7 Å². The second kappa shape index (κ2) is 12.9. The molecular formula is C26H23Cl2N2NaO3S. The molecule has 5 nitrogen and oxygen atoms in total. The molecule has 0 spiro atoms. The quantitative estimate of drug-likeness (QED) is 0.340. The fraction of sp³-hybridized carbons (Fsp3) is 0.154. The van der Waals surface area contributed by atoms with Crippen molar-refractivity contribution >= 4 is 42.7 Å². The van der Waals surface area contributed by atoms with Gasteiger partial charge in [0, 0.05) is 23.9 Å². The molecule has 1 aromatic heterocycles. The summed E-state index contributed by atoms with van der Waals surface area (Å²) < 4.78 is 7.02. The maximum Gasteiger partial charge on any atom is 1.00 e. The van der Waals surface area contributed by atoms with Crippen molar-refractivity contribution in [3.8, 4) is 22.7 Å². The number of carbonyl (C=O) groups excluding carboxylic acids is 1. The van der Waals surface area contributed by atoms with Crippen LogP contribution in [-0.4, -0.2) is 22.9 Å². The average Bonchev–Trinajstić information content (AvgIpc) is 3.23. The number of hydrogen-bond acceptors (Lipinski definition) is 4. The fourth-order valence-electron chi connectivity index (χ4n) is 3.74. The number of halogens is 2. The number of aliphatic carboxylic acids is 1. The van der Waals surface area contributed by atoms with Gasteiger partial charge in [0.15, 0.2) is 0 Å². The van der Waals surface area contributed by atoms with Gasteiger partial charge in [-0.1, -0.05) is 59.1 Å². The Kier molecular flexibility index (Phi) is 10.8. The minimum Gasteiger partial charge on any atom is -0.549 e. The third-order valence-corrected chi connectivity index (χ3v) is 6.17. The Morgan fingerprint density at radius 3 is 2.34 bits per heavy atom. The van der Waals surface area contributed by atoms with Gasteiger partial charge in [0.05, 0.1) is 34.2 Å². The summed E-state index contributed by atoms with van der Waals surface area (Å²) in [6, 6.07) is 22.1. The van der Waals surface area contributed by atoms with Crippen LogP contribution in [0.3, 0.4) is 0 Å². The van der Waals surface area contributed by atoms with E-state index >= 15 is 0 Å². The third kappa shape index (κ3) is 6.85. The molecule has 0 aliphatic rings. The van der Waals surface area contributed by atoms with Gasteiger partial charge in [0.1, 0.15) is 5.75 Å². The monoisotopic (exact) mass is 536 g/mol. The SMILES string of the molecule is COc1ccc(-n2nc(C[C@H](C(=O)[O-])c3cccc(C)c3)cc2-c2ccc(Cl)c(Cl)c2)cc1.S.[Na+]. The summed E-state index contributed by atoms with van der Waals surface area (Å²) in [5.74, 6) is -1.25. The van der Waals surface area contributed by atoms with E-state index in [9.17, 15) is 9.90 Å². The number of carboxylic acids is 1. The topological polar surface area (TPSA) is 67.2 Å². The average molecular weight is 537 g/mol.